The fraction of sp³-hybridized carbons (Fsp3) is 0.700. The predicted octanol–water partition coefficient (Wildman–Crippen LogP) is 2.39. The van der Waals surface area contributed by atoms with Crippen LogP contribution in [0.5, 0.6) is 0 Å². The summed E-state index contributed by atoms with van der Waals surface area (Å²) in [5.41, 5.74) is 1.73. The third kappa shape index (κ3) is 3.83. The summed E-state index contributed by atoms with van der Waals surface area (Å²) in [6.45, 7) is 9.36. The first kappa shape index (κ1) is 16.5. The van der Waals surface area contributed by atoms with Crippen LogP contribution in [-0.4, -0.2) is 68.4 Å². The molecule has 0 unspecified atom stereocenters. The second-order valence-electron chi connectivity index (χ2n) is 7.81. The van der Waals surface area contributed by atoms with Gasteiger partial charge in [0.25, 0.3) is 0 Å². The van der Waals surface area contributed by atoms with Gasteiger partial charge in [-0.25, -0.2) is 0 Å². The van der Waals surface area contributed by atoms with Crippen LogP contribution < -0.4 is 0 Å². The molecule has 3 fully saturated rings. The second-order valence-corrected chi connectivity index (χ2v) is 7.81. The summed E-state index contributed by atoms with van der Waals surface area (Å²) in [7, 11) is 0. The highest BCUT2D eigenvalue weighted by atomic mass is 16.5. The Labute approximate surface area is 145 Å². The summed E-state index contributed by atoms with van der Waals surface area (Å²) in [5, 5.41) is 0. The Morgan fingerprint density at radius 3 is 2.62 bits per heavy atom. The van der Waals surface area contributed by atoms with Crippen molar-refractivity contribution in [1.82, 2.24) is 9.80 Å². The summed E-state index contributed by atoms with van der Waals surface area (Å²) in [6, 6.07) is 11.6. The third-order valence-corrected chi connectivity index (χ3v) is 5.94. The Kier molecular flexibility index (Phi) is 5.18. The minimum atomic E-state index is 0.323. The quantitative estimate of drug-likeness (QED) is 0.850. The molecule has 0 N–H and O–H groups in total. The van der Waals surface area contributed by atoms with E-state index in [4.69, 9.17) is 9.47 Å². The van der Waals surface area contributed by atoms with Crippen molar-refractivity contribution < 1.29 is 9.47 Å². The van der Waals surface area contributed by atoms with Gasteiger partial charge in [-0.15, -0.1) is 0 Å². The van der Waals surface area contributed by atoms with Gasteiger partial charge in [0.15, 0.2) is 0 Å². The number of likely N-dealkylation sites (tertiary alicyclic amines) is 1. The highest BCUT2D eigenvalue weighted by molar-refractivity contribution is 5.14. The standard InChI is InChI=1S/C20H30N2O2/c1-2-4-18(5-3-1)14-21-10-13-24-17-20(15-21)8-9-22(16-20)19-6-11-23-12-7-19/h1-5,19H,6-17H2/t20-/m0/s1. The Balaban J connectivity index is 1.40. The molecule has 0 aliphatic carbocycles. The maximum atomic E-state index is 6.04. The van der Waals surface area contributed by atoms with Crippen molar-refractivity contribution in [3.63, 3.8) is 0 Å². The van der Waals surface area contributed by atoms with Gasteiger partial charge in [-0.3, -0.25) is 9.80 Å². The third-order valence-electron chi connectivity index (χ3n) is 5.94. The molecule has 4 heteroatoms. The topological polar surface area (TPSA) is 24.9 Å². The van der Waals surface area contributed by atoms with Gasteiger partial charge in [0.1, 0.15) is 0 Å². The van der Waals surface area contributed by atoms with Crippen LogP contribution in [0.3, 0.4) is 0 Å². The van der Waals surface area contributed by atoms with E-state index in [1.165, 1.54) is 44.5 Å². The minimum Gasteiger partial charge on any atom is -0.381 e. The van der Waals surface area contributed by atoms with Crippen LogP contribution in [0.25, 0.3) is 0 Å². The first-order valence-electron chi connectivity index (χ1n) is 9.49. The van der Waals surface area contributed by atoms with Crippen molar-refractivity contribution in [2.75, 3.05) is 52.6 Å². The average molecular weight is 330 g/mol. The SMILES string of the molecule is c1ccc(CN2CCOC[C@@]3(CCN(C4CCOCC4)C3)C2)cc1. The van der Waals surface area contributed by atoms with Gasteiger partial charge in [0.05, 0.1) is 13.2 Å². The van der Waals surface area contributed by atoms with E-state index in [0.717, 1.165) is 45.6 Å². The Hall–Kier alpha value is -0.940. The fourth-order valence-electron chi connectivity index (χ4n) is 4.64. The van der Waals surface area contributed by atoms with Gasteiger partial charge in [-0.1, -0.05) is 30.3 Å². The van der Waals surface area contributed by atoms with E-state index in [0.29, 0.717) is 5.41 Å². The summed E-state index contributed by atoms with van der Waals surface area (Å²) in [4.78, 5) is 5.33. The van der Waals surface area contributed by atoms with Gasteiger partial charge in [-0.05, 0) is 31.4 Å². The van der Waals surface area contributed by atoms with E-state index in [9.17, 15) is 0 Å². The monoisotopic (exact) mass is 330 g/mol. The van der Waals surface area contributed by atoms with Crippen LogP contribution in [0.15, 0.2) is 30.3 Å². The minimum absolute atomic E-state index is 0.323. The van der Waals surface area contributed by atoms with Crippen molar-refractivity contribution in [3.05, 3.63) is 35.9 Å². The molecule has 4 nitrogen and oxygen atoms in total. The number of ether oxygens (including phenoxy) is 2. The molecule has 1 atom stereocenters. The molecular weight excluding hydrogens is 300 g/mol. The number of benzene rings is 1. The van der Waals surface area contributed by atoms with Gasteiger partial charge in [0.2, 0.25) is 0 Å². The van der Waals surface area contributed by atoms with E-state index in [1.807, 2.05) is 0 Å². The fourth-order valence-corrected chi connectivity index (χ4v) is 4.64. The Morgan fingerprint density at radius 2 is 1.79 bits per heavy atom. The van der Waals surface area contributed by atoms with Crippen molar-refractivity contribution in [2.24, 2.45) is 5.41 Å². The van der Waals surface area contributed by atoms with Gasteiger partial charge < -0.3 is 9.47 Å². The van der Waals surface area contributed by atoms with Crippen molar-refractivity contribution in [1.29, 1.82) is 0 Å². The molecule has 1 aromatic rings. The lowest BCUT2D eigenvalue weighted by Gasteiger charge is -2.35. The first-order valence-corrected chi connectivity index (χ1v) is 9.49. The molecule has 0 amide bonds. The van der Waals surface area contributed by atoms with Crippen molar-refractivity contribution >= 4 is 0 Å². The lowest BCUT2D eigenvalue weighted by atomic mass is 9.87. The zero-order chi connectivity index (χ0) is 16.2. The van der Waals surface area contributed by atoms with Crippen LogP contribution in [0.4, 0.5) is 0 Å². The molecule has 24 heavy (non-hydrogen) atoms. The largest absolute Gasteiger partial charge is 0.381 e. The molecule has 3 saturated heterocycles. The summed E-state index contributed by atoms with van der Waals surface area (Å²) in [6.07, 6.45) is 3.67. The van der Waals surface area contributed by atoms with E-state index in [2.05, 4.69) is 40.1 Å². The smallest absolute Gasteiger partial charge is 0.0593 e. The predicted molar refractivity (Wildman–Crippen MR) is 95.0 cm³/mol. The highest BCUT2D eigenvalue weighted by Crippen LogP contribution is 2.36. The molecule has 0 radical (unpaired) electrons. The zero-order valence-corrected chi connectivity index (χ0v) is 14.7. The molecule has 3 aliphatic rings. The number of hydrogen-bond acceptors (Lipinski definition) is 4. The second kappa shape index (κ2) is 7.52. The van der Waals surface area contributed by atoms with E-state index in [-0.39, 0.29) is 0 Å². The van der Waals surface area contributed by atoms with Crippen LogP contribution in [0, 0.1) is 5.41 Å². The Morgan fingerprint density at radius 1 is 0.958 bits per heavy atom. The normalized spacial score (nSPS) is 30.7. The van der Waals surface area contributed by atoms with Crippen LogP contribution in [0.1, 0.15) is 24.8 Å². The molecule has 3 heterocycles. The zero-order valence-electron chi connectivity index (χ0n) is 14.7. The molecule has 1 aromatic carbocycles. The molecule has 1 spiro atoms. The summed E-state index contributed by atoms with van der Waals surface area (Å²) >= 11 is 0. The number of nitrogens with zero attached hydrogens (tertiary/aromatic N) is 2. The lowest BCUT2D eigenvalue weighted by Crippen LogP contribution is -2.43. The summed E-state index contributed by atoms with van der Waals surface area (Å²) in [5.74, 6) is 0. The maximum absolute atomic E-state index is 6.04. The molecule has 0 bridgehead atoms. The average Bonchev–Trinajstić information content (AvgIpc) is 2.94. The van der Waals surface area contributed by atoms with Gasteiger partial charge >= 0.3 is 0 Å². The maximum Gasteiger partial charge on any atom is 0.0593 e. The molecular formula is C20H30N2O2. The van der Waals surface area contributed by atoms with E-state index >= 15 is 0 Å². The molecule has 3 aliphatic heterocycles. The number of rotatable bonds is 3. The molecule has 0 saturated carbocycles. The van der Waals surface area contributed by atoms with Gasteiger partial charge in [-0.2, -0.15) is 0 Å². The van der Waals surface area contributed by atoms with Gasteiger partial charge in [0, 0.05) is 50.8 Å². The van der Waals surface area contributed by atoms with Crippen LogP contribution in [-0.2, 0) is 16.0 Å². The number of hydrogen-bond donors (Lipinski definition) is 0. The molecule has 4 rings (SSSR count). The first-order chi connectivity index (χ1) is 11.8. The Bertz CT molecular complexity index is 518. The molecule has 0 aromatic heterocycles. The van der Waals surface area contributed by atoms with E-state index in [1.54, 1.807) is 0 Å². The lowest BCUT2D eigenvalue weighted by molar-refractivity contribution is 0.0284. The van der Waals surface area contributed by atoms with Crippen LogP contribution in [0.2, 0.25) is 0 Å². The highest BCUT2D eigenvalue weighted by Gasteiger charge is 2.43. The van der Waals surface area contributed by atoms with E-state index < -0.39 is 0 Å². The van der Waals surface area contributed by atoms with Crippen LogP contribution >= 0.6 is 0 Å². The summed E-state index contributed by atoms with van der Waals surface area (Å²) < 4.78 is 11.6. The molecule has 132 valence electrons. The van der Waals surface area contributed by atoms with Crippen molar-refractivity contribution in [3.8, 4) is 0 Å². The van der Waals surface area contributed by atoms with Crippen molar-refractivity contribution in [2.45, 2.75) is 31.8 Å².